The van der Waals surface area contributed by atoms with E-state index in [1.54, 1.807) is 12.1 Å². The van der Waals surface area contributed by atoms with Crippen LogP contribution in [0.4, 0.5) is 4.39 Å². The normalized spacial score (nSPS) is 21.2. The fourth-order valence-corrected chi connectivity index (χ4v) is 4.42. The quantitative estimate of drug-likeness (QED) is 0.693. The number of aryl methyl sites for hydroxylation is 1. The Bertz CT molecular complexity index is 914. The lowest BCUT2D eigenvalue weighted by Gasteiger charge is -2.23. The molecule has 1 spiro atoms. The van der Waals surface area contributed by atoms with Crippen molar-refractivity contribution in [2.24, 2.45) is 5.41 Å². The molecule has 2 saturated heterocycles. The molecule has 30 heavy (non-hydrogen) atoms. The number of amides is 2. The molecular weight excluding hydrogens is 387 g/mol. The molecule has 2 aromatic rings. The number of halogens is 1. The van der Waals surface area contributed by atoms with Crippen molar-refractivity contribution in [2.75, 3.05) is 26.2 Å². The predicted octanol–water partition coefficient (Wildman–Crippen LogP) is 2.12. The lowest BCUT2D eigenvalue weighted by Crippen LogP contribution is -2.38. The van der Waals surface area contributed by atoms with Gasteiger partial charge in [-0.3, -0.25) is 9.59 Å². The molecule has 0 aliphatic carbocycles. The monoisotopic (exact) mass is 414 g/mol. The Morgan fingerprint density at radius 2 is 1.93 bits per heavy atom. The molecule has 2 aliphatic heterocycles. The fourth-order valence-electron chi connectivity index (χ4n) is 4.42. The number of hydrogen-bond acceptors (Lipinski definition) is 5. The third-order valence-electron chi connectivity index (χ3n) is 6.11. The highest BCUT2D eigenvalue weighted by molar-refractivity contribution is 5.87. The summed E-state index contributed by atoms with van der Waals surface area (Å²) in [5.41, 5.74) is 0.335. The fraction of sp³-hybridized carbons (Fsp3) is 0.571. The maximum Gasteiger partial charge on any atom is 0.230 e. The average molecular weight is 414 g/mol. The molecule has 1 aromatic carbocycles. The highest BCUT2D eigenvalue weighted by atomic mass is 19.1. The average Bonchev–Trinajstić information content (AvgIpc) is 3.46. The summed E-state index contributed by atoms with van der Waals surface area (Å²) in [4.78, 5) is 30.7. The molecular formula is C21H27FN6O2. The Labute approximate surface area is 175 Å². The zero-order valence-electron chi connectivity index (χ0n) is 17.3. The van der Waals surface area contributed by atoms with Gasteiger partial charge in [-0.2, -0.15) is 4.80 Å². The second-order valence-corrected chi connectivity index (χ2v) is 8.21. The number of carbonyl (C=O) groups is 2. The Morgan fingerprint density at radius 1 is 1.17 bits per heavy atom. The first kappa shape index (κ1) is 20.4. The van der Waals surface area contributed by atoms with E-state index in [4.69, 9.17) is 0 Å². The van der Waals surface area contributed by atoms with Crippen molar-refractivity contribution >= 4 is 11.8 Å². The summed E-state index contributed by atoms with van der Waals surface area (Å²) in [7, 11) is 0. The van der Waals surface area contributed by atoms with E-state index in [0.717, 1.165) is 32.4 Å². The largest absolute Gasteiger partial charge is 0.342 e. The highest BCUT2D eigenvalue weighted by Crippen LogP contribution is 2.40. The zero-order chi connectivity index (χ0) is 21.1. The first-order valence-corrected chi connectivity index (χ1v) is 10.6. The zero-order valence-corrected chi connectivity index (χ0v) is 17.3. The van der Waals surface area contributed by atoms with E-state index in [0.29, 0.717) is 43.9 Å². The number of rotatable bonds is 7. The Morgan fingerprint density at radius 3 is 2.70 bits per heavy atom. The van der Waals surface area contributed by atoms with Crippen LogP contribution in [0, 0.1) is 11.2 Å². The number of likely N-dealkylation sites (tertiary alicyclic amines) is 2. The van der Waals surface area contributed by atoms with Crippen molar-refractivity contribution in [1.29, 1.82) is 0 Å². The van der Waals surface area contributed by atoms with Crippen LogP contribution in [-0.2, 0) is 16.1 Å². The van der Waals surface area contributed by atoms with Gasteiger partial charge < -0.3 is 9.80 Å². The first-order chi connectivity index (χ1) is 14.5. The van der Waals surface area contributed by atoms with E-state index < -0.39 is 0 Å². The maximum atomic E-state index is 13.0. The number of tetrazole rings is 1. The van der Waals surface area contributed by atoms with E-state index in [9.17, 15) is 14.0 Å². The predicted molar refractivity (Wildman–Crippen MR) is 108 cm³/mol. The minimum Gasteiger partial charge on any atom is -0.342 e. The van der Waals surface area contributed by atoms with Crippen LogP contribution < -0.4 is 0 Å². The molecule has 0 N–H and O–H groups in total. The van der Waals surface area contributed by atoms with Gasteiger partial charge in [0.2, 0.25) is 17.6 Å². The number of benzene rings is 1. The number of hydrogen-bond donors (Lipinski definition) is 0. The Kier molecular flexibility index (Phi) is 5.78. The van der Waals surface area contributed by atoms with E-state index in [1.807, 2.05) is 9.80 Å². The molecule has 0 saturated carbocycles. The standard InChI is InChI=1S/C21H27FN6O2/c1-2-11-26-13-9-21(20(26)30)10-14-27(15-21)18(29)4-3-12-28-24-19(23-25-28)16-5-7-17(22)8-6-16/h5-8H,2-4,9-15H2,1H3. The van der Waals surface area contributed by atoms with Crippen LogP contribution in [0.3, 0.4) is 0 Å². The van der Waals surface area contributed by atoms with Gasteiger partial charge in [0.25, 0.3) is 0 Å². The van der Waals surface area contributed by atoms with Crippen molar-refractivity contribution < 1.29 is 14.0 Å². The molecule has 0 radical (unpaired) electrons. The molecule has 1 aromatic heterocycles. The van der Waals surface area contributed by atoms with Crippen molar-refractivity contribution in [3.05, 3.63) is 30.1 Å². The van der Waals surface area contributed by atoms with Gasteiger partial charge in [-0.25, -0.2) is 4.39 Å². The van der Waals surface area contributed by atoms with Crippen LogP contribution in [0.5, 0.6) is 0 Å². The smallest absolute Gasteiger partial charge is 0.230 e. The summed E-state index contributed by atoms with van der Waals surface area (Å²) in [5.74, 6) is 0.414. The van der Waals surface area contributed by atoms with Gasteiger partial charge in [-0.15, -0.1) is 10.2 Å². The second kappa shape index (κ2) is 8.49. The van der Waals surface area contributed by atoms with Crippen LogP contribution in [0.1, 0.15) is 39.0 Å². The molecule has 160 valence electrons. The van der Waals surface area contributed by atoms with Crippen molar-refractivity contribution in [2.45, 2.75) is 45.6 Å². The molecule has 0 bridgehead atoms. The van der Waals surface area contributed by atoms with Gasteiger partial charge in [0.1, 0.15) is 5.82 Å². The summed E-state index contributed by atoms with van der Waals surface area (Å²) >= 11 is 0. The van der Waals surface area contributed by atoms with E-state index >= 15 is 0 Å². The third-order valence-corrected chi connectivity index (χ3v) is 6.11. The summed E-state index contributed by atoms with van der Waals surface area (Å²) in [6.07, 6.45) is 3.56. The molecule has 2 amide bonds. The van der Waals surface area contributed by atoms with Crippen LogP contribution in [-0.4, -0.2) is 68.0 Å². The van der Waals surface area contributed by atoms with Crippen molar-refractivity contribution in [3.8, 4) is 11.4 Å². The lowest BCUT2D eigenvalue weighted by atomic mass is 9.85. The van der Waals surface area contributed by atoms with E-state index in [1.165, 1.54) is 16.9 Å². The summed E-state index contributed by atoms with van der Waals surface area (Å²) in [5, 5.41) is 12.3. The second-order valence-electron chi connectivity index (χ2n) is 8.21. The van der Waals surface area contributed by atoms with Gasteiger partial charge >= 0.3 is 0 Å². The van der Waals surface area contributed by atoms with Crippen LogP contribution in [0.2, 0.25) is 0 Å². The molecule has 1 atom stereocenters. The Balaban J connectivity index is 1.26. The van der Waals surface area contributed by atoms with Crippen LogP contribution >= 0.6 is 0 Å². The van der Waals surface area contributed by atoms with E-state index in [-0.39, 0.29) is 23.0 Å². The minimum atomic E-state index is -0.359. The van der Waals surface area contributed by atoms with Crippen LogP contribution in [0.15, 0.2) is 24.3 Å². The molecule has 9 heteroatoms. The third kappa shape index (κ3) is 4.06. The molecule has 3 heterocycles. The minimum absolute atomic E-state index is 0.0764. The highest BCUT2D eigenvalue weighted by Gasteiger charge is 2.51. The van der Waals surface area contributed by atoms with E-state index in [2.05, 4.69) is 22.3 Å². The molecule has 2 aliphatic rings. The molecule has 8 nitrogen and oxygen atoms in total. The van der Waals surface area contributed by atoms with Gasteiger partial charge in [-0.1, -0.05) is 6.92 Å². The molecule has 2 fully saturated rings. The summed E-state index contributed by atoms with van der Waals surface area (Å²) in [6.45, 7) is 5.36. The van der Waals surface area contributed by atoms with Gasteiger partial charge in [0, 0.05) is 38.2 Å². The van der Waals surface area contributed by atoms with Gasteiger partial charge in [0.15, 0.2) is 0 Å². The first-order valence-electron chi connectivity index (χ1n) is 10.6. The maximum absolute atomic E-state index is 13.0. The van der Waals surface area contributed by atoms with Crippen LogP contribution in [0.25, 0.3) is 11.4 Å². The topological polar surface area (TPSA) is 84.2 Å². The molecule has 4 rings (SSSR count). The Hall–Kier alpha value is -2.84. The number of carbonyl (C=O) groups excluding carboxylic acids is 2. The van der Waals surface area contributed by atoms with Crippen molar-refractivity contribution in [1.82, 2.24) is 30.0 Å². The summed E-state index contributed by atoms with van der Waals surface area (Å²) < 4.78 is 13.0. The lowest BCUT2D eigenvalue weighted by molar-refractivity contribution is -0.136. The van der Waals surface area contributed by atoms with Gasteiger partial charge in [0.05, 0.1) is 12.0 Å². The molecule has 1 unspecified atom stereocenters. The van der Waals surface area contributed by atoms with Gasteiger partial charge in [-0.05, 0) is 55.2 Å². The van der Waals surface area contributed by atoms with Crippen molar-refractivity contribution in [3.63, 3.8) is 0 Å². The SMILES string of the molecule is CCCN1CCC2(CCN(C(=O)CCCn3nnc(-c4ccc(F)cc4)n3)C2)C1=O. The summed E-state index contributed by atoms with van der Waals surface area (Å²) in [6, 6.07) is 5.92. The number of nitrogens with zero attached hydrogens (tertiary/aromatic N) is 6. The number of aromatic nitrogens is 4.